The van der Waals surface area contributed by atoms with Gasteiger partial charge in [-0.3, -0.25) is 5.21 Å². The van der Waals surface area contributed by atoms with Crippen LogP contribution in [0.5, 0.6) is 0 Å². The number of carbonyl (C=O) groups excluding carboxylic acids is 1. The lowest BCUT2D eigenvalue weighted by Gasteiger charge is -1.97. The van der Waals surface area contributed by atoms with Gasteiger partial charge in [0.25, 0.3) is 0 Å². The molecule has 0 fully saturated rings. The molecule has 0 amide bonds. The molecule has 1 aromatic rings. The molecule has 0 aliphatic carbocycles. The van der Waals surface area contributed by atoms with Crippen LogP contribution in [0.4, 0.5) is 0 Å². The average molecular weight is 195 g/mol. The molecule has 0 spiro atoms. The Kier molecular flexibility index (Phi) is 3.57. The Bertz CT molecular complexity index is 334. The van der Waals surface area contributed by atoms with Gasteiger partial charge in [0.15, 0.2) is 0 Å². The maximum Gasteiger partial charge on any atom is 0.356 e. The second-order valence-corrected chi connectivity index (χ2v) is 2.33. The lowest BCUT2D eigenvalue weighted by Crippen LogP contribution is -2.04. The molecule has 0 unspecified atom stereocenters. The molecular formula is C8H9N3O3. The van der Waals surface area contributed by atoms with Crippen molar-refractivity contribution in [3.05, 3.63) is 29.6 Å². The van der Waals surface area contributed by atoms with Gasteiger partial charge in [-0.15, -0.1) is 0 Å². The van der Waals surface area contributed by atoms with Gasteiger partial charge in [0.1, 0.15) is 5.69 Å². The molecule has 0 saturated heterocycles. The first-order valence-electron chi connectivity index (χ1n) is 3.74. The third-order valence-electron chi connectivity index (χ3n) is 1.45. The van der Waals surface area contributed by atoms with Crippen LogP contribution in [-0.4, -0.2) is 29.5 Å². The number of hydrazone groups is 1. The molecule has 74 valence electrons. The predicted molar refractivity (Wildman–Crippen MR) is 48.1 cm³/mol. The highest BCUT2D eigenvalue weighted by Crippen LogP contribution is 1.99. The zero-order chi connectivity index (χ0) is 10.4. The van der Waals surface area contributed by atoms with Crippen molar-refractivity contribution in [3.63, 3.8) is 0 Å². The number of carbonyl (C=O) groups is 1. The molecule has 0 radical (unpaired) electrons. The molecule has 0 atom stereocenters. The van der Waals surface area contributed by atoms with Crippen LogP contribution in [0.25, 0.3) is 0 Å². The monoisotopic (exact) mass is 195 g/mol. The van der Waals surface area contributed by atoms with E-state index in [1.54, 1.807) is 11.7 Å². The lowest BCUT2D eigenvalue weighted by molar-refractivity contribution is 0.0594. The fourth-order valence-electron chi connectivity index (χ4n) is 0.810. The molecule has 6 nitrogen and oxygen atoms in total. The summed E-state index contributed by atoms with van der Waals surface area (Å²) in [5, 5.41) is 11.5. The molecule has 1 aromatic heterocycles. The zero-order valence-electron chi connectivity index (χ0n) is 7.47. The van der Waals surface area contributed by atoms with Crippen LogP contribution in [0.15, 0.2) is 23.4 Å². The number of esters is 1. The molecule has 2 N–H and O–H groups in total. The Labute approximate surface area is 80.2 Å². The van der Waals surface area contributed by atoms with Crippen molar-refractivity contribution >= 4 is 12.2 Å². The minimum absolute atomic E-state index is 0.224. The highest BCUT2D eigenvalue weighted by atomic mass is 16.5. The normalized spacial score (nSPS) is 10.1. The first-order chi connectivity index (χ1) is 6.77. The molecule has 1 heterocycles. The van der Waals surface area contributed by atoms with Crippen molar-refractivity contribution in [2.75, 3.05) is 7.11 Å². The standard InChI is InChI=1S/C8H9N3O3/c1-14-8(12)7-3-2-6(4-9-7)5-10-11-13/h2-5,11,13H,1H3. The Morgan fingerprint density at radius 3 is 3.00 bits per heavy atom. The van der Waals surface area contributed by atoms with Crippen molar-refractivity contribution < 1.29 is 14.7 Å². The van der Waals surface area contributed by atoms with Crippen LogP contribution in [-0.2, 0) is 4.74 Å². The molecule has 0 aromatic carbocycles. The van der Waals surface area contributed by atoms with Crippen LogP contribution < -0.4 is 5.59 Å². The Morgan fingerprint density at radius 1 is 1.71 bits per heavy atom. The summed E-state index contributed by atoms with van der Waals surface area (Å²) in [4.78, 5) is 14.8. The lowest BCUT2D eigenvalue weighted by atomic mass is 10.2. The molecule has 6 heteroatoms. The molecule has 1 rings (SSSR count). The van der Waals surface area contributed by atoms with Crippen LogP contribution in [0, 0.1) is 0 Å². The number of hydrogen-bond acceptors (Lipinski definition) is 6. The Balaban J connectivity index is 2.78. The molecule has 14 heavy (non-hydrogen) atoms. The predicted octanol–water partition coefficient (Wildman–Crippen LogP) is 0.181. The van der Waals surface area contributed by atoms with E-state index in [9.17, 15) is 4.79 Å². The second-order valence-electron chi connectivity index (χ2n) is 2.33. The average Bonchev–Trinajstić information content (AvgIpc) is 2.26. The molecule has 0 aliphatic rings. The molecular weight excluding hydrogens is 186 g/mol. The summed E-state index contributed by atoms with van der Waals surface area (Å²) in [5.41, 5.74) is 2.49. The van der Waals surface area contributed by atoms with Crippen LogP contribution in [0.2, 0.25) is 0 Å². The number of nitrogens with one attached hydrogen (secondary N) is 1. The van der Waals surface area contributed by atoms with Gasteiger partial charge in [-0.1, -0.05) is 0 Å². The Hall–Kier alpha value is -1.95. The third kappa shape index (κ3) is 2.53. The van der Waals surface area contributed by atoms with Crippen molar-refractivity contribution in [3.8, 4) is 0 Å². The van der Waals surface area contributed by atoms with E-state index in [0.717, 1.165) is 0 Å². The number of nitrogens with zero attached hydrogens (tertiary/aromatic N) is 2. The van der Waals surface area contributed by atoms with Gasteiger partial charge in [0, 0.05) is 11.8 Å². The second kappa shape index (κ2) is 4.93. The highest BCUT2D eigenvalue weighted by molar-refractivity contribution is 5.88. The van der Waals surface area contributed by atoms with E-state index in [2.05, 4.69) is 14.8 Å². The van der Waals surface area contributed by atoms with E-state index in [1.165, 1.54) is 25.6 Å². The molecule has 0 aliphatic heterocycles. The number of rotatable bonds is 3. The van der Waals surface area contributed by atoms with E-state index >= 15 is 0 Å². The first-order valence-corrected chi connectivity index (χ1v) is 3.74. The van der Waals surface area contributed by atoms with Gasteiger partial charge in [-0.05, 0) is 12.1 Å². The summed E-state index contributed by atoms with van der Waals surface area (Å²) in [6, 6.07) is 3.13. The van der Waals surface area contributed by atoms with E-state index in [-0.39, 0.29) is 5.69 Å². The maximum absolute atomic E-state index is 11.0. The van der Waals surface area contributed by atoms with Crippen molar-refractivity contribution in [1.29, 1.82) is 0 Å². The summed E-state index contributed by atoms with van der Waals surface area (Å²) in [6.07, 6.45) is 2.79. The Morgan fingerprint density at radius 2 is 2.50 bits per heavy atom. The topological polar surface area (TPSA) is 83.8 Å². The molecule has 0 bridgehead atoms. The van der Waals surface area contributed by atoms with Gasteiger partial charge < -0.3 is 4.74 Å². The fourth-order valence-corrected chi connectivity index (χ4v) is 0.810. The molecule has 0 saturated carbocycles. The van der Waals surface area contributed by atoms with Crippen LogP contribution in [0.1, 0.15) is 16.1 Å². The van der Waals surface area contributed by atoms with Crippen LogP contribution in [0.3, 0.4) is 0 Å². The summed E-state index contributed by atoms with van der Waals surface area (Å²) in [6.45, 7) is 0. The van der Waals surface area contributed by atoms with Gasteiger partial charge in [-0.2, -0.15) is 10.7 Å². The van der Waals surface area contributed by atoms with Crippen LogP contribution >= 0.6 is 0 Å². The highest BCUT2D eigenvalue weighted by Gasteiger charge is 2.04. The van der Waals surface area contributed by atoms with E-state index < -0.39 is 5.97 Å². The zero-order valence-corrected chi connectivity index (χ0v) is 7.47. The summed E-state index contributed by atoms with van der Waals surface area (Å²) in [5.74, 6) is -0.492. The number of pyridine rings is 1. The number of ether oxygens (including phenoxy) is 1. The smallest absolute Gasteiger partial charge is 0.356 e. The third-order valence-corrected chi connectivity index (χ3v) is 1.45. The quantitative estimate of drug-likeness (QED) is 0.408. The van der Waals surface area contributed by atoms with E-state index in [1.807, 2.05) is 0 Å². The number of hydrogen-bond donors (Lipinski definition) is 2. The van der Waals surface area contributed by atoms with Crippen molar-refractivity contribution in [2.45, 2.75) is 0 Å². The minimum Gasteiger partial charge on any atom is -0.464 e. The van der Waals surface area contributed by atoms with Gasteiger partial charge >= 0.3 is 5.97 Å². The first kappa shape index (κ1) is 10.1. The SMILES string of the molecule is COC(=O)c1ccc(C=NNO)cn1. The summed E-state index contributed by atoms with van der Waals surface area (Å²) >= 11 is 0. The minimum atomic E-state index is -0.492. The summed E-state index contributed by atoms with van der Waals surface area (Å²) in [7, 11) is 1.29. The van der Waals surface area contributed by atoms with Gasteiger partial charge in [-0.25, -0.2) is 9.78 Å². The van der Waals surface area contributed by atoms with Gasteiger partial charge in [0.2, 0.25) is 0 Å². The maximum atomic E-state index is 11.0. The van der Waals surface area contributed by atoms with Crippen molar-refractivity contribution in [2.24, 2.45) is 5.10 Å². The fraction of sp³-hybridized carbons (Fsp3) is 0.125. The largest absolute Gasteiger partial charge is 0.464 e. The number of methoxy groups -OCH3 is 1. The van der Waals surface area contributed by atoms with E-state index in [0.29, 0.717) is 5.56 Å². The van der Waals surface area contributed by atoms with Crippen molar-refractivity contribution in [1.82, 2.24) is 10.6 Å². The number of aromatic nitrogens is 1. The van der Waals surface area contributed by atoms with Gasteiger partial charge in [0.05, 0.1) is 13.3 Å². The summed E-state index contributed by atoms with van der Waals surface area (Å²) < 4.78 is 4.47. The van der Waals surface area contributed by atoms with E-state index in [4.69, 9.17) is 5.21 Å².